The molecule has 2 aromatic carbocycles. The average molecular weight is 445 g/mol. The zero-order chi connectivity index (χ0) is 20.7. The number of benzene rings is 2. The number of aliphatic carboxylic acids is 1. The van der Waals surface area contributed by atoms with Gasteiger partial charge in [-0.1, -0.05) is 60.1 Å². The minimum atomic E-state index is -1.14. The Morgan fingerprint density at radius 1 is 1.00 bits per heavy atom. The second-order valence-electron chi connectivity index (χ2n) is 6.46. The molecular formula is C21H21BrN2O4. The van der Waals surface area contributed by atoms with E-state index < -0.39 is 23.8 Å². The normalized spacial score (nSPS) is 12.4. The van der Waals surface area contributed by atoms with Gasteiger partial charge in [0.2, 0.25) is 0 Å². The molecule has 0 aliphatic carbocycles. The van der Waals surface area contributed by atoms with Gasteiger partial charge in [-0.3, -0.25) is 9.59 Å². The van der Waals surface area contributed by atoms with Crippen LogP contribution in [-0.2, 0) is 9.59 Å². The number of hydrogen-bond donors (Lipinski definition) is 3. The molecule has 0 saturated heterocycles. The van der Waals surface area contributed by atoms with Crippen molar-refractivity contribution in [1.82, 2.24) is 10.6 Å². The number of carbonyl (C=O) groups is 3. The highest BCUT2D eigenvalue weighted by Crippen LogP contribution is 2.14. The number of halogens is 1. The van der Waals surface area contributed by atoms with Gasteiger partial charge in [-0.15, -0.1) is 0 Å². The summed E-state index contributed by atoms with van der Waals surface area (Å²) in [5.74, 6) is -2.59. The molecule has 0 saturated carbocycles. The molecule has 28 heavy (non-hydrogen) atoms. The third-order valence-corrected chi connectivity index (χ3v) is 4.46. The largest absolute Gasteiger partial charge is 0.480 e. The molecule has 0 radical (unpaired) electrons. The Kier molecular flexibility index (Phi) is 7.52. The van der Waals surface area contributed by atoms with Crippen molar-refractivity contribution in [3.05, 3.63) is 75.9 Å². The van der Waals surface area contributed by atoms with Crippen LogP contribution in [0.1, 0.15) is 29.8 Å². The number of carboxylic acid groups (broad SMARTS) is 1. The van der Waals surface area contributed by atoms with Gasteiger partial charge in [0.1, 0.15) is 11.7 Å². The van der Waals surface area contributed by atoms with Gasteiger partial charge in [-0.05, 0) is 41.8 Å². The van der Waals surface area contributed by atoms with E-state index >= 15 is 0 Å². The highest BCUT2D eigenvalue weighted by atomic mass is 79.9. The minimum Gasteiger partial charge on any atom is -0.480 e. The lowest BCUT2D eigenvalue weighted by Crippen LogP contribution is -2.47. The lowest BCUT2D eigenvalue weighted by atomic mass is 10.0. The fraction of sp³-hybridized carbons (Fsp3) is 0.190. The lowest BCUT2D eigenvalue weighted by molar-refractivity contribution is -0.142. The summed E-state index contributed by atoms with van der Waals surface area (Å²) in [7, 11) is 0. The Morgan fingerprint density at radius 2 is 1.61 bits per heavy atom. The van der Waals surface area contributed by atoms with E-state index in [2.05, 4.69) is 26.6 Å². The van der Waals surface area contributed by atoms with Gasteiger partial charge < -0.3 is 15.7 Å². The third-order valence-electron chi connectivity index (χ3n) is 3.93. The summed E-state index contributed by atoms with van der Waals surface area (Å²) in [6.45, 7) is 3.39. The van der Waals surface area contributed by atoms with Crippen LogP contribution in [0.15, 0.2) is 64.8 Å². The van der Waals surface area contributed by atoms with Crippen LogP contribution in [0, 0.1) is 5.92 Å². The van der Waals surface area contributed by atoms with Crippen LogP contribution in [0.2, 0.25) is 0 Å². The third kappa shape index (κ3) is 6.06. The van der Waals surface area contributed by atoms with Crippen molar-refractivity contribution in [2.45, 2.75) is 19.9 Å². The molecule has 0 spiro atoms. The minimum absolute atomic E-state index is 0.0388. The molecule has 0 fully saturated rings. The van der Waals surface area contributed by atoms with Gasteiger partial charge in [-0.25, -0.2) is 4.79 Å². The summed E-state index contributed by atoms with van der Waals surface area (Å²) < 4.78 is 0.870. The first-order chi connectivity index (χ1) is 13.3. The molecule has 0 aliphatic heterocycles. The molecule has 0 aliphatic rings. The molecule has 7 heteroatoms. The molecule has 6 nitrogen and oxygen atoms in total. The van der Waals surface area contributed by atoms with E-state index in [4.69, 9.17) is 0 Å². The van der Waals surface area contributed by atoms with E-state index in [1.807, 2.05) is 0 Å². The summed E-state index contributed by atoms with van der Waals surface area (Å²) in [6.07, 6.45) is 1.50. The zero-order valence-corrected chi connectivity index (χ0v) is 17.1. The Morgan fingerprint density at radius 3 is 2.14 bits per heavy atom. The second-order valence-corrected chi connectivity index (χ2v) is 7.38. The number of amides is 2. The van der Waals surface area contributed by atoms with Gasteiger partial charge in [0.25, 0.3) is 11.8 Å². The van der Waals surface area contributed by atoms with Crippen LogP contribution in [-0.4, -0.2) is 28.9 Å². The first kappa shape index (κ1) is 21.4. The monoisotopic (exact) mass is 444 g/mol. The lowest BCUT2D eigenvalue weighted by Gasteiger charge is -2.19. The molecule has 0 heterocycles. The first-order valence-electron chi connectivity index (χ1n) is 8.65. The predicted molar refractivity (Wildman–Crippen MR) is 110 cm³/mol. The van der Waals surface area contributed by atoms with Crippen molar-refractivity contribution in [3.63, 3.8) is 0 Å². The number of nitrogens with one attached hydrogen (secondary N) is 2. The van der Waals surface area contributed by atoms with Crippen molar-refractivity contribution >= 4 is 39.8 Å². The summed E-state index contributed by atoms with van der Waals surface area (Å²) in [4.78, 5) is 36.6. The Labute approximate surface area is 171 Å². The van der Waals surface area contributed by atoms with E-state index in [0.29, 0.717) is 11.1 Å². The van der Waals surface area contributed by atoms with Gasteiger partial charge in [0, 0.05) is 10.0 Å². The number of carboxylic acids is 1. The highest BCUT2D eigenvalue weighted by Gasteiger charge is 2.25. The van der Waals surface area contributed by atoms with Crippen LogP contribution in [0.4, 0.5) is 0 Å². The molecule has 1 unspecified atom stereocenters. The highest BCUT2D eigenvalue weighted by molar-refractivity contribution is 9.10. The number of rotatable bonds is 7. The van der Waals surface area contributed by atoms with Crippen LogP contribution in [0.5, 0.6) is 0 Å². The van der Waals surface area contributed by atoms with Crippen LogP contribution >= 0.6 is 15.9 Å². The molecular weight excluding hydrogens is 424 g/mol. The van der Waals surface area contributed by atoms with Crippen LogP contribution in [0.3, 0.4) is 0 Å². The van der Waals surface area contributed by atoms with E-state index in [1.54, 1.807) is 68.4 Å². The van der Waals surface area contributed by atoms with Crippen molar-refractivity contribution in [1.29, 1.82) is 0 Å². The summed E-state index contributed by atoms with van der Waals surface area (Å²) in [6, 6.07) is 14.5. The van der Waals surface area contributed by atoms with E-state index in [0.717, 1.165) is 4.47 Å². The fourth-order valence-corrected chi connectivity index (χ4v) is 2.66. The van der Waals surface area contributed by atoms with Gasteiger partial charge in [0.15, 0.2) is 0 Å². The molecule has 2 aromatic rings. The molecule has 146 valence electrons. The van der Waals surface area contributed by atoms with Crippen molar-refractivity contribution < 1.29 is 19.5 Å². The van der Waals surface area contributed by atoms with Gasteiger partial charge in [0.05, 0.1) is 0 Å². The zero-order valence-electron chi connectivity index (χ0n) is 15.5. The average Bonchev–Trinajstić information content (AvgIpc) is 2.67. The molecule has 0 bridgehead atoms. The van der Waals surface area contributed by atoms with E-state index in [1.165, 1.54) is 6.08 Å². The maximum atomic E-state index is 12.7. The Bertz CT molecular complexity index is 877. The van der Waals surface area contributed by atoms with Crippen LogP contribution in [0.25, 0.3) is 6.08 Å². The predicted octanol–water partition coefficient (Wildman–Crippen LogP) is 3.45. The number of carbonyl (C=O) groups excluding carboxylic acids is 2. The molecule has 3 N–H and O–H groups in total. The smallest absolute Gasteiger partial charge is 0.326 e. The van der Waals surface area contributed by atoms with Crippen molar-refractivity contribution in [2.75, 3.05) is 0 Å². The maximum absolute atomic E-state index is 12.7. The quantitative estimate of drug-likeness (QED) is 0.569. The number of hydrogen-bond acceptors (Lipinski definition) is 3. The molecule has 2 rings (SSSR count). The molecule has 0 aromatic heterocycles. The fourth-order valence-electron chi connectivity index (χ4n) is 2.40. The van der Waals surface area contributed by atoms with Gasteiger partial charge >= 0.3 is 5.97 Å². The second kappa shape index (κ2) is 9.85. The summed E-state index contributed by atoms with van der Waals surface area (Å²) >= 11 is 3.34. The summed E-state index contributed by atoms with van der Waals surface area (Å²) in [5.41, 5.74) is 1.02. The molecule has 2 amide bonds. The topological polar surface area (TPSA) is 95.5 Å². The van der Waals surface area contributed by atoms with E-state index in [-0.39, 0.29) is 11.6 Å². The van der Waals surface area contributed by atoms with Crippen molar-refractivity contribution in [3.8, 4) is 0 Å². The Balaban J connectivity index is 2.32. The summed E-state index contributed by atoms with van der Waals surface area (Å²) in [5, 5.41) is 14.4. The van der Waals surface area contributed by atoms with Crippen molar-refractivity contribution in [2.24, 2.45) is 5.92 Å². The van der Waals surface area contributed by atoms with Crippen LogP contribution < -0.4 is 10.6 Å². The standard InChI is InChI=1S/C21H21BrN2O4/c1-13(2)18(21(27)28)24-20(26)17(12-14-8-10-16(22)11-9-14)23-19(25)15-6-4-3-5-7-15/h3-13,18H,1-2H3,(H,23,25)(H,24,26)(H,27,28)/b17-12-. The van der Waals surface area contributed by atoms with Gasteiger partial charge in [-0.2, -0.15) is 0 Å². The maximum Gasteiger partial charge on any atom is 0.326 e. The molecule has 1 atom stereocenters. The first-order valence-corrected chi connectivity index (χ1v) is 9.44. The van der Waals surface area contributed by atoms with E-state index in [9.17, 15) is 19.5 Å². The Hall–Kier alpha value is -2.93. The SMILES string of the molecule is CC(C)C(NC(=O)/C(=C/c1ccc(Br)cc1)NC(=O)c1ccccc1)C(=O)O.